The van der Waals surface area contributed by atoms with Gasteiger partial charge in [0.25, 0.3) is 5.91 Å². The lowest BCUT2D eigenvalue weighted by atomic mass is 9.87. The topological polar surface area (TPSA) is 32.3 Å². The number of nitrogens with one attached hydrogen (secondary N) is 1. The van der Waals surface area contributed by atoms with E-state index in [2.05, 4.69) is 43.1 Å². The first kappa shape index (κ1) is 16.0. The molecule has 0 spiro atoms. The molecule has 1 fully saturated rings. The highest BCUT2D eigenvalue weighted by atomic mass is 16.1. The highest BCUT2D eigenvalue weighted by Gasteiger charge is 2.14. The van der Waals surface area contributed by atoms with E-state index >= 15 is 0 Å². The van der Waals surface area contributed by atoms with Gasteiger partial charge < -0.3 is 10.2 Å². The Morgan fingerprint density at radius 2 is 1.71 bits per heavy atom. The summed E-state index contributed by atoms with van der Waals surface area (Å²) in [5.41, 5.74) is 2.14. The highest BCUT2D eigenvalue weighted by Crippen LogP contribution is 2.22. The van der Waals surface area contributed by atoms with Crippen molar-refractivity contribution in [2.24, 2.45) is 0 Å². The Balaban J connectivity index is 1.80. The smallest absolute Gasteiger partial charge is 0.251 e. The molecule has 1 amide bonds. The average Bonchev–Trinajstić information content (AvgIpc) is 2.47. The Morgan fingerprint density at radius 1 is 1.10 bits per heavy atom. The minimum absolute atomic E-state index is 0.0347. The van der Waals surface area contributed by atoms with Gasteiger partial charge in [0.2, 0.25) is 0 Å². The van der Waals surface area contributed by atoms with E-state index < -0.39 is 0 Å². The predicted molar refractivity (Wildman–Crippen MR) is 87.8 cm³/mol. The fraction of sp³-hybridized carbons (Fsp3) is 0.611. The maximum atomic E-state index is 12.1. The molecule has 0 aromatic heterocycles. The third-order valence-corrected chi connectivity index (χ3v) is 4.18. The number of amides is 1. The zero-order chi connectivity index (χ0) is 15.3. The summed E-state index contributed by atoms with van der Waals surface area (Å²) in [5, 5.41) is 3.02. The van der Waals surface area contributed by atoms with E-state index in [1.807, 2.05) is 12.1 Å². The lowest BCUT2D eigenvalue weighted by Gasteiger charge is -2.26. The van der Waals surface area contributed by atoms with Crippen molar-refractivity contribution in [1.29, 1.82) is 0 Å². The molecule has 1 N–H and O–H groups in total. The largest absolute Gasteiger partial charge is 0.351 e. The molecular weight excluding hydrogens is 260 g/mol. The van der Waals surface area contributed by atoms with Crippen molar-refractivity contribution in [3.63, 3.8) is 0 Å². The van der Waals surface area contributed by atoms with Crippen molar-refractivity contribution in [3.05, 3.63) is 35.4 Å². The molecule has 2 rings (SSSR count). The van der Waals surface area contributed by atoms with Crippen LogP contribution >= 0.6 is 0 Å². The Labute approximate surface area is 128 Å². The molecule has 1 aliphatic rings. The summed E-state index contributed by atoms with van der Waals surface area (Å²) in [6.45, 7) is 10.6. The maximum Gasteiger partial charge on any atom is 0.251 e. The van der Waals surface area contributed by atoms with Crippen LogP contribution in [-0.2, 0) is 5.41 Å². The van der Waals surface area contributed by atoms with E-state index in [0.717, 1.165) is 18.7 Å². The summed E-state index contributed by atoms with van der Waals surface area (Å²) in [7, 11) is 0. The average molecular weight is 288 g/mol. The zero-order valence-electron chi connectivity index (χ0n) is 13.6. The van der Waals surface area contributed by atoms with E-state index in [1.165, 1.54) is 37.9 Å². The molecule has 1 saturated heterocycles. The normalized spacial score (nSPS) is 16.7. The summed E-state index contributed by atoms with van der Waals surface area (Å²) in [6.07, 6.45) is 3.94. The van der Waals surface area contributed by atoms with E-state index in [0.29, 0.717) is 0 Å². The number of piperidine rings is 1. The molecule has 1 aromatic rings. The van der Waals surface area contributed by atoms with Gasteiger partial charge in [-0.25, -0.2) is 0 Å². The van der Waals surface area contributed by atoms with Crippen molar-refractivity contribution < 1.29 is 4.79 Å². The highest BCUT2D eigenvalue weighted by molar-refractivity contribution is 5.94. The van der Waals surface area contributed by atoms with E-state index in [4.69, 9.17) is 0 Å². The molecule has 21 heavy (non-hydrogen) atoms. The quantitative estimate of drug-likeness (QED) is 0.923. The fourth-order valence-corrected chi connectivity index (χ4v) is 2.73. The number of benzene rings is 1. The van der Waals surface area contributed by atoms with Gasteiger partial charge in [-0.15, -0.1) is 0 Å². The second-order valence-electron chi connectivity index (χ2n) is 6.99. The second kappa shape index (κ2) is 7.08. The van der Waals surface area contributed by atoms with Crippen LogP contribution in [0.1, 0.15) is 56.0 Å². The number of hydrogen-bond donors (Lipinski definition) is 1. The van der Waals surface area contributed by atoms with Crippen LogP contribution in [0.5, 0.6) is 0 Å². The molecular formula is C18H28N2O. The molecule has 116 valence electrons. The van der Waals surface area contributed by atoms with Gasteiger partial charge in [0.05, 0.1) is 0 Å². The number of carbonyl (C=O) groups is 1. The molecule has 1 heterocycles. The van der Waals surface area contributed by atoms with Gasteiger partial charge in [-0.3, -0.25) is 4.79 Å². The number of carbonyl (C=O) groups excluding carboxylic acids is 1. The van der Waals surface area contributed by atoms with E-state index in [-0.39, 0.29) is 11.3 Å². The third-order valence-electron chi connectivity index (χ3n) is 4.18. The van der Waals surface area contributed by atoms with Crippen LogP contribution < -0.4 is 5.32 Å². The van der Waals surface area contributed by atoms with Crippen LogP contribution in [0.4, 0.5) is 0 Å². The Kier molecular flexibility index (Phi) is 5.40. The minimum atomic E-state index is 0.0347. The molecule has 0 bridgehead atoms. The zero-order valence-corrected chi connectivity index (χ0v) is 13.6. The van der Waals surface area contributed by atoms with Crippen molar-refractivity contribution in [2.75, 3.05) is 26.2 Å². The first-order chi connectivity index (χ1) is 9.97. The van der Waals surface area contributed by atoms with Crippen molar-refractivity contribution in [3.8, 4) is 0 Å². The van der Waals surface area contributed by atoms with Crippen LogP contribution in [0.25, 0.3) is 0 Å². The Morgan fingerprint density at radius 3 is 2.29 bits per heavy atom. The summed E-state index contributed by atoms with van der Waals surface area (Å²) in [6, 6.07) is 7.96. The van der Waals surface area contributed by atoms with Crippen molar-refractivity contribution in [2.45, 2.75) is 45.4 Å². The van der Waals surface area contributed by atoms with Gasteiger partial charge in [-0.1, -0.05) is 39.3 Å². The molecule has 0 radical (unpaired) electrons. The molecule has 1 aromatic carbocycles. The standard InChI is InChI=1S/C18H28N2O/c1-18(2,3)16-9-7-15(8-10-16)17(21)19-11-14-20-12-5-4-6-13-20/h7-10H,4-6,11-14H2,1-3H3,(H,19,21). The van der Waals surface area contributed by atoms with Crippen LogP contribution in [-0.4, -0.2) is 37.0 Å². The van der Waals surface area contributed by atoms with Crippen molar-refractivity contribution >= 4 is 5.91 Å². The van der Waals surface area contributed by atoms with Gasteiger partial charge in [0, 0.05) is 18.7 Å². The second-order valence-corrected chi connectivity index (χ2v) is 6.99. The third kappa shape index (κ3) is 4.85. The maximum absolute atomic E-state index is 12.1. The SMILES string of the molecule is CC(C)(C)c1ccc(C(=O)NCCN2CCCCC2)cc1. The lowest BCUT2D eigenvalue weighted by molar-refractivity contribution is 0.0946. The summed E-state index contributed by atoms with van der Waals surface area (Å²) >= 11 is 0. The number of likely N-dealkylation sites (tertiary alicyclic amines) is 1. The number of nitrogens with zero attached hydrogens (tertiary/aromatic N) is 1. The summed E-state index contributed by atoms with van der Waals surface area (Å²) < 4.78 is 0. The Hall–Kier alpha value is -1.35. The van der Waals surface area contributed by atoms with Gasteiger partial charge in [-0.05, 0) is 49.0 Å². The summed E-state index contributed by atoms with van der Waals surface area (Å²) in [4.78, 5) is 14.6. The van der Waals surface area contributed by atoms with E-state index in [9.17, 15) is 4.79 Å². The minimum Gasteiger partial charge on any atom is -0.351 e. The van der Waals surface area contributed by atoms with Crippen molar-refractivity contribution in [1.82, 2.24) is 10.2 Å². The first-order valence-corrected chi connectivity index (χ1v) is 8.08. The molecule has 3 heteroatoms. The van der Waals surface area contributed by atoms with Gasteiger partial charge in [-0.2, -0.15) is 0 Å². The van der Waals surface area contributed by atoms with Crippen LogP contribution in [0.2, 0.25) is 0 Å². The lowest BCUT2D eigenvalue weighted by Crippen LogP contribution is -2.37. The molecule has 0 aliphatic carbocycles. The fourth-order valence-electron chi connectivity index (χ4n) is 2.73. The first-order valence-electron chi connectivity index (χ1n) is 8.08. The van der Waals surface area contributed by atoms with Gasteiger partial charge >= 0.3 is 0 Å². The molecule has 3 nitrogen and oxygen atoms in total. The van der Waals surface area contributed by atoms with Crippen LogP contribution in [0.3, 0.4) is 0 Å². The molecule has 1 aliphatic heterocycles. The monoisotopic (exact) mass is 288 g/mol. The van der Waals surface area contributed by atoms with Crippen LogP contribution in [0.15, 0.2) is 24.3 Å². The van der Waals surface area contributed by atoms with E-state index in [1.54, 1.807) is 0 Å². The predicted octanol–water partition coefficient (Wildman–Crippen LogP) is 3.20. The molecule has 0 saturated carbocycles. The molecule has 0 atom stereocenters. The van der Waals surface area contributed by atoms with Gasteiger partial charge in [0.15, 0.2) is 0 Å². The Bertz CT molecular complexity index is 453. The summed E-state index contributed by atoms with van der Waals surface area (Å²) in [5.74, 6) is 0.0347. The van der Waals surface area contributed by atoms with Gasteiger partial charge in [0.1, 0.15) is 0 Å². The molecule has 0 unspecified atom stereocenters. The van der Waals surface area contributed by atoms with Crippen LogP contribution in [0, 0.1) is 0 Å². The number of hydrogen-bond acceptors (Lipinski definition) is 2. The number of rotatable bonds is 4.